The van der Waals surface area contributed by atoms with Gasteiger partial charge in [0.15, 0.2) is 0 Å². The third-order valence-electron chi connectivity index (χ3n) is 3.37. The molecule has 2 aromatic rings. The topological polar surface area (TPSA) is 24.9 Å². The van der Waals surface area contributed by atoms with E-state index in [1.54, 1.807) is 11.3 Å². The Labute approximate surface area is 130 Å². The molecular formula is C17H23FN2S. The molecule has 0 fully saturated rings. The molecule has 0 radical (unpaired) electrons. The lowest BCUT2D eigenvalue weighted by atomic mass is 9.96. The number of halogens is 1. The minimum atomic E-state index is -0.173. The van der Waals surface area contributed by atoms with Crippen LogP contribution in [-0.4, -0.2) is 18.1 Å². The predicted octanol–water partition coefficient (Wildman–Crippen LogP) is 3.93. The van der Waals surface area contributed by atoms with Crippen LogP contribution in [0.25, 0.3) is 0 Å². The van der Waals surface area contributed by atoms with Crippen molar-refractivity contribution in [2.24, 2.45) is 11.8 Å². The highest BCUT2D eigenvalue weighted by atomic mass is 32.1. The van der Waals surface area contributed by atoms with Crippen LogP contribution in [-0.2, 0) is 12.8 Å². The lowest BCUT2D eigenvalue weighted by Gasteiger charge is -2.18. The van der Waals surface area contributed by atoms with E-state index >= 15 is 0 Å². The molecule has 0 saturated heterocycles. The van der Waals surface area contributed by atoms with Gasteiger partial charge in [0.05, 0.1) is 5.01 Å². The first kappa shape index (κ1) is 16.1. The molecule has 0 aliphatic rings. The van der Waals surface area contributed by atoms with Crippen molar-refractivity contribution in [3.63, 3.8) is 0 Å². The van der Waals surface area contributed by atoms with Gasteiger partial charge < -0.3 is 5.32 Å². The molecule has 0 aliphatic heterocycles. The Hall–Kier alpha value is -1.26. The van der Waals surface area contributed by atoms with E-state index in [4.69, 9.17) is 0 Å². The number of benzene rings is 1. The molecule has 2 rings (SSSR count). The van der Waals surface area contributed by atoms with E-state index in [-0.39, 0.29) is 5.82 Å². The maximum absolute atomic E-state index is 13.0. The average Bonchev–Trinajstić information content (AvgIpc) is 2.94. The van der Waals surface area contributed by atoms with Crippen molar-refractivity contribution in [3.8, 4) is 0 Å². The molecule has 1 unspecified atom stereocenters. The van der Waals surface area contributed by atoms with Gasteiger partial charge in [-0.05, 0) is 49.0 Å². The fourth-order valence-electron chi connectivity index (χ4n) is 2.35. The van der Waals surface area contributed by atoms with Crippen molar-refractivity contribution in [1.29, 1.82) is 0 Å². The van der Waals surface area contributed by atoms with Crippen LogP contribution in [0.2, 0.25) is 0 Å². The summed E-state index contributed by atoms with van der Waals surface area (Å²) in [6.07, 6.45) is 3.78. The predicted molar refractivity (Wildman–Crippen MR) is 87.1 cm³/mol. The lowest BCUT2D eigenvalue weighted by Crippen LogP contribution is -2.28. The van der Waals surface area contributed by atoms with Gasteiger partial charge in [0.1, 0.15) is 5.82 Å². The smallest absolute Gasteiger partial charge is 0.123 e. The number of nitrogens with one attached hydrogen (secondary N) is 1. The minimum absolute atomic E-state index is 0.173. The van der Waals surface area contributed by atoms with Gasteiger partial charge in [0, 0.05) is 18.0 Å². The molecule has 0 amide bonds. The largest absolute Gasteiger partial charge is 0.316 e. The van der Waals surface area contributed by atoms with Gasteiger partial charge in [0.25, 0.3) is 0 Å². The van der Waals surface area contributed by atoms with Crippen LogP contribution in [0.3, 0.4) is 0 Å². The zero-order chi connectivity index (χ0) is 15.1. The summed E-state index contributed by atoms with van der Waals surface area (Å²) in [5, 5.41) is 6.73. The summed E-state index contributed by atoms with van der Waals surface area (Å²) in [7, 11) is 0. The molecule has 1 atom stereocenters. The maximum Gasteiger partial charge on any atom is 0.123 e. The van der Waals surface area contributed by atoms with E-state index in [1.807, 2.05) is 23.7 Å². The fraction of sp³-hybridized carbons (Fsp3) is 0.471. The van der Waals surface area contributed by atoms with Crippen molar-refractivity contribution < 1.29 is 4.39 Å². The van der Waals surface area contributed by atoms with E-state index in [1.165, 1.54) is 22.7 Å². The molecule has 114 valence electrons. The molecule has 1 N–H and O–H groups in total. The summed E-state index contributed by atoms with van der Waals surface area (Å²) in [5.41, 5.74) is 1.18. The molecule has 21 heavy (non-hydrogen) atoms. The van der Waals surface area contributed by atoms with Crippen molar-refractivity contribution in [1.82, 2.24) is 10.3 Å². The zero-order valence-electron chi connectivity index (χ0n) is 12.7. The number of hydrogen-bond donors (Lipinski definition) is 1. The summed E-state index contributed by atoms with van der Waals surface area (Å²) < 4.78 is 13.0. The van der Waals surface area contributed by atoms with Gasteiger partial charge >= 0.3 is 0 Å². The lowest BCUT2D eigenvalue weighted by molar-refractivity contribution is 0.444. The van der Waals surface area contributed by atoms with Crippen LogP contribution < -0.4 is 5.32 Å². The number of rotatable bonds is 8. The Balaban J connectivity index is 1.95. The van der Waals surface area contributed by atoms with Gasteiger partial charge in [0.2, 0.25) is 0 Å². The Morgan fingerprint density at radius 2 is 1.90 bits per heavy atom. The normalized spacial score (nSPS) is 12.8. The van der Waals surface area contributed by atoms with Crippen molar-refractivity contribution >= 4 is 11.3 Å². The molecule has 0 spiro atoms. The summed E-state index contributed by atoms with van der Waals surface area (Å²) >= 11 is 1.71. The van der Waals surface area contributed by atoms with Crippen LogP contribution in [0.15, 0.2) is 35.8 Å². The second-order valence-corrected chi connectivity index (χ2v) is 6.86. The highest BCUT2D eigenvalue weighted by Crippen LogP contribution is 2.16. The third-order valence-corrected chi connectivity index (χ3v) is 4.17. The zero-order valence-corrected chi connectivity index (χ0v) is 13.5. The van der Waals surface area contributed by atoms with Gasteiger partial charge in [-0.3, -0.25) is 0 Å². The van der Waals surface area contributed by atoms with Crippen LogP contribution in [0, 0.1) is 17.7 Å². The Morgan fingerprint density at radius 3 is 2.52 bits per heavy atom. The molecule has 0 bridgehead atoms. The second-order valence-electron chi connectivity index (χ2n) is 5.88. The number of hydrogen-bond acceptors (Lipinski definition) is 3. The number of nitrogens with zero attached hydrogens (tertiary/aromatic N) is 1. The van der Waals surface area contributed by atoms with Crippen molar-refractivity contribution in [3.05, 3.63) is 52.2 Å². The molecule has 1 aromatic carbocycles. The van der Waals surface area contributed by atoms with E-state index in [2.05, 4.69) is 24.1 Å². The summed E-state index contributed by atoms with van der Waals surface area (Å²) in [4.78, 5) is 4.39. The Kier molecular flexibility index (Phi) is 6.33. The highest BCUT2D eigenvalue weighted by Gasteiger charge is 2.12. The van der Waals surface area contributed by atoms with Crippen molar-refractivity contribution in [2.45, 2.75) is 26.7 Å². The summed E-state index contributed by atoms with van der Waals surface area (Å²) in [6.45, 7) is 6.42. The van der Waals surface area contributed by atoms with Crippen LogP contribution in [0.5, 0.6) is 0 Å². The number of aromatic nitrogens is 1. The van der Waals surface area contributed by atoms with Crippen LogP contribution in [0.4, 0.5) is 4.39 Å². The van der Waals surface area contributed by atoms with Gasteiger partial charge in [-0.1, -0.05) is 26.0 Å². The van der Waals surface area contributed by atoms with E-state index < -0.39 is 0 Å². The van der Waals surface area contributed by atoms with E-state index in [0.29, 0.717) is 11.8 Å². The first-order valence-corrected chi connectivity index (χ1v) is 8.35. The first-order chi connectivity index (χ1) is 10.1. The first-order valence-electron chi connectivity index (χ1n) is 7.47. The molecule has 0 aliphatic carbocycles. The van der Waals surface area contributed by atoms with Crippen LogP contribution >= 0.6 is 11.3 Å². The van der Waals surface area contributed by atoms with Gasteiger partial charge in [-0.25, -0.2) is 9.37 Å². The second kappa shape index (κ2) is 8.25. The quantitative estimate of drug-likeness (QED) is 0.799. The van der Waals surface area contributed by atoms with E-state index in [9.17, 15) is 4.39 Å². The van der Waals surface area contributed by atoms with Gasteiger partial charge in [-0.2, -0.15) is 0 Å². The molecule has 2 nitrogen and oxygen atoms in total. The average molecular weight is 306 g/mol. The van der Waals surface area contributed by atoms with Gasteiger partial charge in [-0.15, -0.1) is 11.3 Å². The minimum Gasteiger partial charge on any atom is -0.316 e. The SMILES string of the molecule is CC(C)CNCC(Cc1ccc(F)cc1)Cc1nccs1. The monoisotopic (exact) mass is 306 g/mol. The molecule has 0 saturated carbocycles. The molecule has 1 heterocycles. The van der Waals surface area contributed by atoms with Crippen molar-refractivity contribution in [2.75, 3.05) is 13.1 Å². The van der Waals surface area contributed by atoms with E-state index in [0.717, 1.165) is 25.9 Å². The molecular weight excluding hydrogens is 283 g/mol. The maximum atomic E-state index is 13.0. The summed E-state index contributed by atoms with van der Waals surface area (Å²) in [5.74, 6) is 0.963. The third kappa shape index (κ3) is 5.94. The fourth-order valence-corrected chi connectivity index (χ4v) is 3.08. The Morgan fingerprint density at radius 1 is 1.14 bits per heavy atom. The molecule has 4 heteroatoms. The molecule has 1 aromatic heterocycles. The number of thiazole rings is 1. The Bertz CT molecular complexity index is 508. The standard InChI is InChI=1S/C17H23FN2S/c1-13(2)11-19-12-15(10-17-20-7-8-21-17)9-14-3-5-16(18)6-4-14/h3-8,13,15,19H,9-12H2,1-2H3. The van der Waals surface area contributed by atoms with Crippen LogP contribution in [0.1, 0.15) is 24.4 Å². The summed E-state index contributed by atoms with van der Waals surface area (Å²) in [6, 6.07) is 6.84. The highest BCUT2D eigenvalue weighted by molar-refractivity contribution is 7.09.